The summed E-state index contributed by atoms with van der Waals surface area (Å²) >= 11 is 0. The Bertz CT molecular complexity index is 1220. The zero-order chi connectivity index (χ0) is 24.2. The number of nitrogens with zero attached hydrogens (tertiary/aromatic N) is 3. The van der Waals surface area contributed by atoms with Gasteiger partial charge in [-0.25, -0.2) is 0 Å². The van der Waals surface area contributed by atoms with E-state index in [1.54, 1.807) is 13.2 Å². The Morgan fingerprint density at radius 1 is 1.11 bits per heavy atom. The highest BCUT2D eigenvalue weighted by Crippen LogP contribution is 2.56. The van der Waals surface area contributed by atoms with Crippen LogP contribution in [0.1, 0.15) is 48.7 Å². The van der Waals surface area contributed by atoms with E-state index in [1.165, 1.54) is 12.0 Å². The van der Waals surface area contributed by atoms with Gasteiger partial charge in [-0.3, -0.25) is 9.69 Å². The first kappa shape index (κ1) is 22.4. The summed E-state index contributed by atoms with van der Waals surface area (Å²) < 4.78 is 11.1. The van der Waals surface area contributed by atoms with Crippen LogP contribution in [0.5, 0.6) is 5.75 Å². The van der Waals surface area contributed by atoms with E-state index in [-0.39, 0.29) is 23.4 Å². The lowest BCUT2D eigenvalue weighted by Gasteiger charge is -2.53. The standard InChI is InChI=1S/C29H33N3O3/c1-29-18-24-23(15-19-9-5-4-6-10-19)32(27(29)14-8-13-26(29)31(24)2)28(33)25-17-22(30-35-25)20-11-7-12-21(16-20)34-3/h4-7,9-12,16-17,23-24,26-27H,8,13-15,18H2,1-3H3/t23-,24+,26+,27-,29+/m1/s1. The number of fused-ring (bicyclic) bond motifs is 1. The minimum atomic E-state index is -0.0375. The summed E-state index contributed by atoms with van der Waals surface area (Å²) in [6.07, 6.45) is 5.39. The molecule has 1 aromatic heterocycles. The number of rotatable bonds is 5. The molecule has 1 amide bonds. The normalized spacial score (nSPS) is 29.9. The van der Waals surface area contributed by atoms with Gasteiger partial charge in [0.15, 0.2) is 0 Å². The Hall–Kier alpha value is -3.12. The second-order valence-corrected chi connectivity index (χ2v) is 10.7. The minimum absolute atomic E-state index is 0.0375. The highest BCUT2D eigenvalue weighted by atomic mass is 16.5. The second-order valence-electron chi connectivity index (χ2n) is 10.7. The molecule has 6 heteroatoms. The van der Waals surface area contributed by atoms with Crippen LogP contribution in [-0.4, -0.2) is 59.2 Å². The Balaban J connectivity index is 1.38. The van der Waals surface area contributed by atoms with Crippen LogP contribution in [-0.2, 0) is 6.42 Å². The van der Waals surface area contributed by atoms with Gasteiger partial charge in [0.25, 0.3) is 5.91 Å². The number of aromatic nitrogens is 1. The van der Waals surface area contributed by atoms with Crippen molar-refractivity contribution >= 4 is 5.91 Å². The average Bonchev–Trinajstić information content (AvgIpc) is 3.47. The topological polar surface area (TPSA) is 58.8 Å². The van der Waals surface area contributed by atoms with Gasteiger partial charge in [0.05, 0.1) is 13.2 Å². The van der Waals surface area contributed by atoms with E-state index in [2.05, 4.69) is 53.2 Å². The maximum Gasteiger partial charge on any atom is 0.293 e. The number of likely N-dealkylation sites (N-methyl/N-ethyl adjacent to an activating group) is 1. The van der Waals surface area contributed by atoms with E-state index < -0.39 is 0 Å². The molecular formula is C29H33N3O3. The van der Waals surface area contributed by atoms with E-state index in [9.17, 15) is 4.79 Å². The van der Waals surface area contributed by atoms with Gasteiger partial charge in [0.2, 0.25) is 5.76 Å². The lowest BCUT2D eigenvalue weighted by atomic mass is 9.64. The second kappa shape index (κ2) is 8.52. The third kappa shape index (κ3) is 3.57. The molecule has 3 aliphatic rings. The number of carbonyl (C=O) groups excluding carboxylic acids is 1. The first-order chi connectivity index (χ1) is 17.0. The van der Waals surface area contributed by atoms with Gasteiger partial charge in [-0.2, -0.15) is 0 Å². The van der Waals surface area contributed by atoms with Crippen molar-refractivity contribution in [3.05, 3.63) is 72.0 Å². The number of hydrogen-bond donors (Lipinski definition) is 0. The molecule has 1 saturated carbocycles. The van der Waals surface area contributed by atoms with Crippen LogP contribution in [0.25, 0.3) is 11.3 Å². The molecule has 35 heavy (non-hydrogen) atoms. The zero-order valence-electron chi connectivity index (χ0n) is 20.7. The summed E-state index contributed by atoms with van der Waals surface area (Å²) in [7, 11) is 3.91. The Labute approximate surface area is 206 Å². The van der Waals surface area contributed by atoms with Gasteiger partial charge in [-0.1, -0.05) is 54.5 Å². The van der Waals surface area contributed by atoms with Gasteiger partial charge in [-0.05, 0) is 56.8 Å². The fourth-order valence-corrected chi connectivity index (χ4v) is 7.24. The van der Waals surface area contributed by atoms with E-state index in [4.69, 9.17) is 9.26 Å². The largest absolute Gasteiger partial charge is 0.497 e. The van der Waals surface area contributed by atoms with Crippen molar-refractivity contribution in [1.29, 1.82) is 0 Å². The number of carbonyl (C=O) groups is 1. The smallest absolute Gasteiger partial charge is 0.293 e. The highest BCUT2D eigenvalue weighted by molar-refractivity contribution is 5.93. The molecule has 6 rings (SSSR count). The summed E-state index contributed by atoms with van der Waals surface area (Å²) in [5.41, 5.74) is 2.90. The summed E-state index contributed by atoms with van der Waals surface area (Å²) in [4.78, 5) is 19.0. The number of likely N-dealkylation sites (tertiary alicyclic amines) is 2. The van der Waals surface area contributed by atoms with Crippen LogP contribution in [0.2, 0.25) is 0 Å². The predicted octanol–water partition coefficient (Wildman–Crippen LogP) is 5.05. The monoisotopic (exact) mass is 471 g/mol. The zero-order valence-corrected chi connectivity index (χ0v) is 20.7. The molecule has 3 fully saturated rings. The molecule has 3 aromatic rings. The summed E-state index contributed by atoms with van der Waals surface area (Å²) in [6.45, 7) is 2.40. The van der Waals surface area contributed by atoms with Crippen LogP contribution in [0.4, 0.5) is 0 Å². The van der Waals surface area contributed by atoms with Crippen LogP contribution in [0.3, 0.4) is 0 Å². The molecule has 3 heterocycles. The SMILES string of the molecule is COc1cccc(-c2cc(C(=O)N3[C@H](Cc4ccccc4)[C@@H]4C[C@@]5(C)[C@H](CCC[C@@H]35)N4C)on2)c1. The van der Waals surface area contributed by atoms with Crippen molar-refractivity contribution in [2.24, 2.45) is 5.41 Å². The van der Waals surface area contributed by atoms with Crippen LogP contribution < -0.4 is 4.74 Å². The third-order valence-electron chi connectivity index (χ3n) is 8.89. The van der Waals surface area contributed by atoms with Crippen LogP contribution >= 0.6 is 0 Å². The van der Waals surface area contributed by atoms with Gasteiger partial charge >= 0.3 is 0 Å². The first-order valence-corrected chi connectivity index (χ1v) is 12.7. The molecule has 0 spiro atoms. The molecule has 2 aliphatic heterocycles. The van der Waals surface area contributed by atoms with Crippen molar-refractivity contribution in [1.82, 2.24) is 15.0 Å². The molecule has 2 aromatic carbocycles. The average molecular weight is 472 g/mol. The van der Waals surface area contributed by atoms with Crippen molar-refractivity contribution < 1.29 is 14.1 Å². The number of ether oxygens (including phenoxy) is 1. The molecule has 0 radical (unpaired) electrons. The molecule has 1 aliphatic carbocycles. The minimum Gasteiger partial charge on any atom is -0.497 e. The van der Waals surface area contributed by atoms with Crippen molar-refractivity contribution in [3.63, 3.8) is 0 Å². The number of benzene rings is 2. The predicted molar refractivity (Wildman–Crippen MR) is 134 cm³/mol. The lowest BCUT2D eigenvalue weighted by Crippen LogP contribution is -2.62. The maximum atomic E-state index is 14.2. The van der Waals surface area contributed by atoms with E-state index in [0.29, 0.717) is 23.5 Å². The quantitative estimate of drug-likeness (QED) is 0.521. The van der Waals surface area contributed by atoms with E-state index in [1.807, 2.05) is 30.3 Å². The molecule has 0 unspecified atom stereocenters. The fraction of sp³-hybridized carbons (Fsp3) is 0.448. The van der Waals surface area contributed by atoms with Crippen LogP contribution in [0.15, 0.2) is 65.2 Å². The molecule has 2 bridgehead atoms. The van der Waals surface area contributed by atoms with Gasteiger partial charge < -0.3 is 14.2 Å². The van der Waals surface area contributed by atoms with Crippen molar-refractivity contribution in [2.45, 2.75) is 63.2 Å². The molecule has 5 atom stereocenters. The van der Waals surface area contributed by atoms with Gasteiger partial charge in [0.1, 0.15) is 11.4 Å². The Morgan fingerprint density at radius 2 is 1.91 bits per heavy atom. The molecule has 0 N–H and O–H groups in total. The number of hydrogen-bond acceptors (Lipinski definition) is 5. The van der Waals surface area contributed by atoms with Crippen molar-refractivity contribution in [3.8, 4) is 17.0 Å². The van der Waals surface area contributed by atoms with E-state index in [0.717, 1.165) is 37.0 Å². The van der Waals surface area contributed by atoms with Crippen molar-refractivity contribution in [2.75, 3.05) is 14.2 Å². The molecular weight excluding hydrogens is 438 g/mol. The molecule has 182 valence electrons. The van der Waals surface area contributed by atoms with E-state index >= 15 is 0 Å². The fourth-order valence-electron chi connectivity index (χ4n) is 7.24. The lowest BCUT2D eigenvalue weighted by molar-refractivity contribution is -0.0134. The number of piperidine rings is 1. The number of amides is 1. The third-order valence-corrected chi connectivity index (χ3v) is 8.89. The Morgan fingerprint density at radius 3 is 2.71 bits per heavy atom. The highest BCUT2D eigenvalue weighted by Gasteiger charge is 2.62. The maximum absolute atomic E-state index is 14.2. The number of methoxy groups -OCH3 is 1. The molecule has 2 saturated heterocycles. The summed E-state index contributed by atoms with van der Waals surface area (Å²) in [6, 6.07) is 21.2. The summed E-state index contributed by atoms with van der Waals surface area (Å²) in [5, 5.41) is 4.26. The first-order valence-electron chi connectivity index (χ1n) is 12.7. The van der Waals surface area contributed by atoms with Gasteiger partial charge in [0, 0.05) is 35.2 Å². The van der Waals surface area contributed by atoms with Gasteiger partial charge in [-0.15, -0.1) is 0 Å². The summed E-state index contributed by atoms with van der Waals surface area (Å²) in [5.74, 6) is 1.03. The molecule has 6 nitrogen and oxygen atoms in total. The Kier molecular flexibility index (Phi) is 5.44. The van der Waals surface area contributed by atoms with Crippen LogP contribution in [0, 0.1) is 5.41 Å².